The molecule has 0 atom stereocenters. The quantitative estimate of drug-likeness (QED) is 0.777. The number of anilines is 1. The van der Waals surface area contributed by atoms with Crippen LogP contribution in [-0.2, 0) is 0 Å². The third kappa shape index (κ3) is 2.16. The van der Waals surface area contributed by atoms with E-state index < -0.39 is 0 Å². The average molecular weight is 224 g/mol. The molecule has 2 nitrogen and oxygen atoms in total. The van der Waals surface area contributed by atoms with Crippen LogP contribution in [0.4, 0.5) is 5.82 Å². The van der Waals surface area contributed by atoms with E-state index >= 15 is 0 Å². The normalized spacial score (nSPS) is 15.2. The summed E-state index contributed by atoms with van der Waals surface area (Å²) in [5.74, 6) is 1.11. The predicted molar refractivity (Wildman–Crippen MR) is 71.1 cm³/mol. The summed E-state index contributed by atoms with van der Waals surface area (Å²) < 4.78 is 0. The molecule has 0 amide bonds. The molecule has 2 aromatic rings. The fourth-order valence-electron chi connectivity index (χ4n) is 2.32. The number of hydrogen-bond donors (Lipinski definition) is 0. The highest BCUT2D eigenvalue weighted by molar-refractivity contribution is 5.61. The minimum atomic E-state index is 1.06. The molecule has 0 spiro atoms. The van der Waals surface area contributed by atoms with Gasteiger partial charge in [0.2, 0.25) is 0 Å². The summed E-state index contributed by atoms with van der Waals surface area (Å²) in [6.07, 6.45) is 2.58. The van der Waals surface area contributed by atoms with E-state index in [1.807, 2.05) is 6.07 Å². The van der Waals surface area contributed by atoms with Gasteiger partial charge in [-0.05, 0) is 25.0 Å². The monoisotopic (exact) mass is 224 g/mol. The van der Waals surface area contributed by atoms with Crippen molar-refractivity contribution in [2.45, 2.75) is 12.8 Å². The summed E-state index contributed by atoms with van der Waals surface area (Å²) >= 11 is 0. The summed E-state index contributed by atoms with van der Waals surface area (Å²) in [5.41, 5.74) is 2.25. The molecule has 0 unspecified atom stereocenters. The van der Waals surface area contributed by atoms with Gasteiger partial charge in [0.05, 0.1) is 5.69 Å². The third-order valence-electron chi connectivity index (χ3n) is 3.23. The largest absolute Gasteiger partial charge is 0.357 e. The zero-order valence-corrected chi connectivity index (χ0v) is 9.84. The Morgan fingerprint density at radius 2 is 1.59 bits per heavy atom. The highest BCUT2D eigenvalue weighted by Crippen LogP contribution is 2.22. The van der Waals surface area contributed by atoms with E-state index in [-0.39, 0.29) is 0 Å². The summed E-state index contributed by atoms with van der Waals surface area (Å²) in [7, 11) is 0. The number of hydrogen-bond acceptors (Lipinski definition) is 2. The van der Waals surface area contributed by atoms with Gasteiger partial charge in [0.15, 0.2) is 0 Å². The molecule has 0 N–H and O–H groups in total. The molecular formula is C15H16N2. The molecule has 0 saturated carbocycles. The SMILES string of the molecule is c1ccc(-c2cccc(N3CCCC3)n2)cc1. The molecule has 1 saturated heterocycles. The second-order valence-electron chi connectivity index (χ2n) is 4.44. The molecule has 1 aliphatic heterocycles. The highest BCUT2D eigenvalue weighted by atomic mass is 15.2. The zero-order chi connectivity index (χ0) is 11.5. The molecule has 0 radical (unpaired) electrons. The first-order valence-corrected chi connectivity index (χ1v) is 6.21. The fourth-order valence-corrected chi connectivity index (χ4v) is 2.32. The van der Waals surface area contributed by atoms with Gasteiger partial charge < -0.3 is 4.90 Å². The van der Waals surface area contributed by atoms with Gasteiger partial charge in [0.1, 0.15) is 5.82 Å². The maximum Gasteiger partial charge on any atom is 0.129 e. The Bertz CT molecular complexity index is 487. The van der Waals surface area contributed by atoms with Crippen molar-refractivity contribution in [2.24, 2.45) is 0 Å². The topological polar surface area (TPSA) is 16.1 Å². The van der Waals surface area contributed by atoms with E-state index in [1.165, 1.54) is 18.4 Å². The fraction of sp³-hybridized carbons (Fsp3) is 0.267. The second-order valence-corrected chi connectivity index (χ2v) is 4.44. The van der Waals surface area contributed by atoms with Gasteiger partial charge in [0.25, 0.3) is 0 Å². The van der Waals surface area contributed by atoms with Gasteiger partial charge in [-0.15, -0.1) is 0 Å². The zero-order valence-electron chi connectivity index (χ0n) is 9.84. The molecule has 17 heavy (non-hydrogen) atoms. The van der Waals surface area contributed by atoms with E-state index in [9.17, 15) is 0 Å². The number of rotatable bonds is 2. The van der Waals surface area contributed by atoms with Crippen LogP contribution in [0, 0.1) is 0 Å². The number of nitrogens with zero attached hydrogens (tertiary/aromatic N) is 2. The Morgan fingerprint density at radius 1 is 0.824 bits per heavy atom. The lowest BCUT2D eigenvalue weighted by Crippen LogP contribution is -2.18. The van der Waals surface area contributed by atoms with Crippen LogP contribution in [-0.4, -0.2) is 18.1 Å². The van der Waals surface area contributed by atoms with Gasteiger partial charge in [0, 0.05) is 18.7 Å². The Kier molecular flexibility index (Phi) is 2.78. The first-order valence-electron chi connectivity index (χ1n) is 6.21. The Hall–Kier alpha value is -1.83. The molecule has 0 bridgehead atoms. The van der Waals surface area contributed by atoms with E-state index in [2.05, 4.69) is 47.4 Å². The van der Waals surface area contributed by atoms with Gasteiger partial charge >= 0.3 is 0 Å². The van der Waals surface area contributed by atoms with E-state index in [0.717, 1.165) is 24.6 Å². The van der Waals surface area contributed by atoms with Crippen LogP contribution in [0.2, 0.25) is 0 Å². The van der Waals surface area contributed by atoms with Crippen LogP contribution in [0.3, 0.4) is 0 Å². The van der Waals surface area contributed by atoms with Crippen molar-refractivity contribution in [3.05, 3.63) is 48.5 Å². The van der Waals surface area contributed by atoms with Crippen molar-refractivity contribution >= 4 is 5.82 Å². The summed E-state index contributed by atoms with van der Waals surface area (Å²) in [5, 5.41) is 0. The maximum atomic E-state index is 4.75. The molecule has 0 aliphatic carbocycles. The molecule has 86 valence electrons. The lowest BCUT2D eigenvalue weighted by Gasteiger charge is -2.16. The van der Waals surface area contributed by atoms with Crippen LogP contribution < -0.4 is 4.90 Å². The Morgan fingerprint density at radius 3 is 2.35 bits per heavy atom. The summed E-state index contributed by atoms with van der Waals surface area (Å²) in [4.78, 5) is 7.12. The molecule has 2 heteroatoms. The van der Waals surface area contributed by atoms with Gasteiger partial charge in [-0.3, -0.25) is 0 Å². The van der Waals surface area contributed by atoms with Crippen molar-refractivity contribution in [3.63, 3.8) is 0 Å². The van der Waals surface area contributed by atoms with Gasteiger partial charge in [-0.25, -0.2) is 4.98 Å². The van der Waals surface area contributed by atoms with Crippen LogP contribution >= 0.6 is 0 Å². The minimum Gasteiger partial charge on any atom is -0.357 e. The minimum absolute atomic E-state index is 1.06. The molecule has 1 aromatic carbocycles. The third-order valence-corrected chi connectivity index (χ3v) is 3.23. The van der Waals surface area contributed by atoms with Crippen LogP contribution in [0.5, 0.6) is 0 Å². The molecule has 1 aromatic heterocycles. The van der Waals surface area contributed by atoms with E-state index in [0.29, 0.717) is 0 Å². The smallest absolute Gasteiger partial charge is 0.129 e. The lowest BCUT2D eigenvalue weighted by atomic mass is 10.1. The van der Waals surface area contributed by atoms with E-state index in [4.69, 9.17) is 4.98 Å². The van der Waals surface area contributed by atoms with Crippen molar-refractivity contribution < 1.29 is 0 Å². The van der Waals surface area contributed by atoms with Crippen molar-refractivity contribution in [2.75, 3.05) is 18.0 Å². The predicted octanol–water partition coefficient (Wildman–Crippen LogP) is 3.35. The lowest BCUT2D eigenvalue weighted by molar-refractivity contribution is 0.939. The van der Waals surface area contributed by atoms with Gasteiger partial charge in [-0.2, -0.15) is 0 Å². The summed E-state index contributed by atoms with van der Waals surface area (Å²) in [6.45, 7) is 2.29. The molecule has 1 fully saturated rings. The van der Waals surface area contributed by atoms with Crippen LogP contribution in [0.15, 0.2) is 48.5 Å². The molecule has 1 aliphatic rings. The van der Waals surface area contributed by atoms with Crippen molar-refractivity contribution in [1.82, 2.24) is 4.98 Å². The first kappa shape index (κ1) is 10.3. The standard InChI is InChI=1S/C15H16N2/c1-2-7-13(8-3-1)14-9-6-10-15(16-14)17-11-4-5-12-17/h1-3,6-10H,4-5,11-12H2. The summed E-state index contributed by atoms with van der Waals surface area (Å²) in [6, 6.07) is 16.6. The van der Waals surface area contributed by atoms with Crippen molar-refractivity contribution in [3.8, 4) is 11.3 Å². The molecule has 2 heterocycles. The highest BCUT2D eigenvalue weighted by Gasteiger charge is 2.13. The first-order chi connectivity index (χ1) is 8.43. The number of pyridine rings is 1. The van der Waals surface area contributed by atoms with Gasteiger partial charge in [-0.1, -0.05) is 36.4 Å². The van der Waals surface area contributed by atoms with Crippen LogP contribution in [0.1, 0.15) is 12.8 Å². The average Bonchev–Trinajstić information content (AvgIpc) is 2.94. The maximum absolute atomic E-state index is 4.75. The van der Waals surface area contributed by atoms with Crippen LogP contribution in [0.25, 0.3) is 11.3 Å². The Labute approximate surface area is 102 Å². The van der Waals surface area contributed by atoms with E-state index in [1.54, 1.807) is 0 Å². The molecular weight excluding hydrogens is 208 g/mol. The second kappa shape index (κ2) is 4.58. The Balaban J connectivity index is 1.94. The number of aromatic nitrogens is 1. The molecule has 3 rings (SSSR count). The van der Waals surface area contributed by atoms with Crippen molar-refractivity contribution in [1.29, 1.82) is 0 Å². The number of benzene rings is 1.